The van der Waals surface area contributed by atoms with Crippen molar-refractivity contribution in [3.63, 3.8) is 0 Å². The molecule has 1 aromatic rings. The first-order chi connectivity index (χ1) is 5.59. The maximum absolute atomic E-state index is 11.0. The molecule has 0 amide bonds. The SMILES string of the molecule is CC(C)OC(=O)c1ncc(O)[nH]1. The molecule has 0 unspecified atom stereocenters. The van der Waals surface area contributed by atoms with Gasteiger partial charge in [0.1, 0.15) is 0 Å². The van der Waals surface area contributed by atoms with Gasteiger partial charge < -0.3 is 14.8 Å². The van der Waals surface area contributed by atoms with Crippen LogP contribution in [0.5, 0.6) is 5.88 Å². The average Bonchev–Trinajstić information content (AvgIpc) is 2.34. The van der Waals surface area contributed by atoms with Gasteiger partial charge in [0, 0.05) is 0 Å². The number of esters is 1. The number of carbonyl (C=O) groups excluding carboxylic acids is 1. The van der Waals surface area contributed by atoms with Crippen molar-refractivity contribution in [3.05, 3.63) is 12.0 Å². The molecule has 0 atom stereocenters. The van der Waals surface area contributed by atoms with E-state index in [9.17, 15) is 4.79 Å². The molecule has 5 heteroatoms. The summed E-state index contributed by atoms with van der Waals surface area (Å²) in [5.41, 5.74) is 0. The van der Waals surface area contributed by atoms with Crippen molar-refractivity contribution in [2.75, 3.05) is 0 Å². The summed E-state index contributed by atoms with van der Waals surface area (Å²) in [7, 11) is 0. The lowest BCUT2D eigenvalue weighted by molar-refractivity contribution is 0.0364. The molecule has 1 aromatic heterocycles. The molecule has 0 aromatic carbocycles. The third-order valence-electron chi connectivity index (χ3n) is 1.10. The van der Waals surface area contributed by atoms with Crippen LogP contribution in [0, 0.1) is 0 Å². The number of hydrogen-bond donors (Lipinski definition) is 2. The molecular formula is C7H10N2O3. The fourth-order valence-electron chi connectivity index (χ4n) is 0.685. The molecule has 2 N–H and O–H groups in total. The van der Waals surface area contributed by atoms with Crippen LogP contribution in [-0.4, -0.2) is 27.1 Å². The Labute approximate surface area is 69.4 Å². The molecular weight excluding hydrogens is 160 g/mol. The zero-order chi connectivity index (χ0) is 9.14. The average molecular weight is 170 g/mol. The molecule has 1 heterocycles. The number of ether oxygens (including phenoxy) is 1. The van der Waals surface area contributed by atoms with Gasteiger partial charge in [0.15, 0.2) is 0 Å². The molecule has 0 fully saturated rings. The third-order valence-corrected chi connectivity index (χ3v) is 1.10. The zero-order valence-corrected chi connectivity index (χ0v) is 6.87. The van der Waals surface area contributed by atoms with Gasteiger partial charge in [0.05, 0.1) is 12.3 Å². The predicted octanol–water partition coefficient (Wildman–Crippen LogP) is 0.680. The second-order valence-electron chi connectivity index (χ2n) is 2.57. The molecule has 0 aliphatic carbocycles. The monoisotopic (exact) mass is 170 g/mol. The van der Waals surface area contributed by atoms with E-state index < -0.39 is 5.97 Å². The number of nitrogens with one attached hydrogen (secondary N) is 1. The molecule has 0 saturated carbocycles. The first kappa shape index (κ1) is 8.58. The first-order valence-electron chi connectivity index (χ1n) is 3.54. The van der Waals surface area contributed by atoms with Crippen molar-refractivity contribution < 1.29 is 14.6 Å². The van der Waals surface area contributed by atoms with Crippen LogP contribution in [0.3, 0.4) is 0 Å². The number of aromatic hydroxyl groups is 1. The van der Waals surface area contributed by atoms with Gasteiger partial charge >= 0.3 is 5.97 Å². The first-order valence-corrected chi connectivity index (χ1v) is 3.54. The molecule has 0 spiro atoms. The molecule has 12 heavy (non-hydrogen) atoms. The maximum atomic E-state index is 11.0. The molecule has 66 valence electrons. The standard InChI is InChI=1S/C7H10N2O3/c1-4(2)12-7(11)6-8-3-5(10)9-6/h3-4,10H,1-2H3,(H,8,9). The Bertz CT molecular complexity index is 280. The maximum Gasteiger partial charge on any atom is 0.374 e. The van der Waals surface area contributed by atoms with Crippen LogP contribution in [0.25, 0.3) is 0 Å². The zero-order valence-electron chi connectivity index (χ0n) is 6.87. The van der Waals surface area contributed by atoms with E-state index in [1.807, 2.05) is 0 Å². The lowest BCUT2D eigenvalue weighted by Crippen LogP contribution is -2.12. The molecule has 0 saturated heterocycles. The summed E-state index contributed by atoms with van der Waals surface area (Å²) in [6, 6.07) is 0. The predicted molar refractivity (Wildman–Crippen MR) is 40.8 cm³/mol. The molecule has 0 aliphatic rings. The normalized spacial score (nSPS) is 10.2. The highest BCUT2D eigenvalue weighted by molar-refractivity contribution is 5.85. The van der Waals surface area contributed by atoms with E-state index in [-0.39, 0.29) is 17.8 Å². The third kappa shape index (κ3) is 1.98. The van der Waals surface area contributed by atoms with E-state index in [1.54, 1.807) is 13.8 Å². The molecule has 1 rings (SSSR count). The van der Waals surface area contributed by atoms with Crippen LogP contribution < -0.4 is 0 Å². The lowest BCUT2D eigenvalue weighted by atomic mass is 10.5. The highest BCUT2D eigenvalue weighted by atomic mass is 16.5. The Hall–Kier alpha value is -1.52. The van der Waals surface area contributed by atoms with E-state index in [0.29, 0.717) is 0 Å². The minimum absolute atomic E-state index is 0.0150. The van der Waals surface area contributed by atoms with Gasteiger partial charge in [-0.15, -0.1) is 0 Å². The Balaban J connectivity index is 2.65. The van der Waals surface area contributed by atoms with Crippen molar-refractivity contribution in [2.24, 2.45) is 0 Å². The van der Waals surface area contributed by atoms with Crippen LogP contribution in [0.15, 0.2) is 6.20 Å². The van der Waals surface area contributed by atoms with Gasteiger partial charge in [0.25, 0.3) is 0 Å². The van der Waals surface area contributed by atoms with Gasteiger partial charge in [-0.25, -0.2) is 9.78 Å². The number of aromatic amines is 1. The number of nitrogens with zero attached hydrogens (tertiary/aromatic N) is 1. The number of imidazole rings is 1. The number of hydrogen-bond acceptors (Lipinski definition) is 4. The topological polar surface area (TPSA) is 75.2 Å². The van der Waals surface area contributed by atoms with E-state index in [2.05, 4.69) is 9.97 Å². The Morgan fingerprint density at radius 1 is 1.75 bits per heavy atom. The van der Waals surface area contributed by atoms with E-state index >= 15 is 0 Å². The highest BCUT2D eigenvalue weighted by Crippen LogP contribution is 2.05. The fraction of sp³-hybridized carbons (Fsp3) is 0.429. The molecule has 0 aliphatic heterocycles. The number of H-pyrrole nitrogens is 1. The second kappa shape index (κ2) is 3.25. The van der Waals surface area contributed by atoms with Crippen molar-refractivity contribution in [2.45, 2.75) is 20.0 Å². The lowest BCUT2D eigenvalue weighted by Gasteiger charge is -2.04. The van der Waals surface area contributed by atoms with Gasteiger partial charge in [-0.2, -0.15) is 0 Å². The van der Waals surface area contributed by atoms with Gasteiger partial charge in [-0.05, 0) is 13.8 Å². The van der Waals surface area contributed by atoms with Crippen LogP contribution in [0.1, 0.15) is 24.5 Å². The molecule has 5 nitrogen and oxygen atoms in total. The summed E-state index contributed by atoms with van der Waals surface area (Å²) in [5, 5.41) is 8.81. The Morgan fingerprint density at radius 2 is 2.42 bits per heavy atom. The minimum atomic E-state index is -0.565. The summed E-state index contributed by atoms with van der Waals surface area (Å²) >= 11 is 0. The molecule has 0 radical (unpaired) electrons. The van der Waals surface area contributed by atoms with Crippen molar-refractivity contribution in [3.8, 4) is 5.88 Å². The largest absolute Gasteiger partial charge is 0.493 e. The van der Waals surface area contributed by atoms with Gasteiger partial charge in [-0.3, -0.25) is 0 Å². The van der Waals surface area contributed by atoms with Gasteiger partial charge in [-0.1, -0.05) is 0 Å². The van der Waals surface area contributed by atoms with E-state index in [1.165, 1.54) is 0 Å². The minimum Gasteiger partial charge on any atom is -0.493 e. The summed E-state index contributed by atoms with van der Waals surface area (Å²) in [4.78, 5) is 17.0. The smallest absolute Gasteiger partial charge is 0.374 e. The van der Waals surface area contributed by atoms with Crippen LogP contribution >= 0.6 is 0 Å². The number of carbonyl (C=O) groups is 1. The quantitative estimate of drug-likeness (QED) is 0.640. The summed E-state index contributed by atoms with van der Waals surface area (Å²) in [6.45, 7) is 3.47. The van der Waals surface area contributed by atoms with Crippen molar-refractivity contribution in [1.29, 1.82) is 0 Å². The summed E-state index contributed by atoms with van der Waals surface area (Å²) < 4.78 is 4.81. The van der Waals surface area contributed by atoms with Crippen molar-refractivity contribution >= 4 is 5.97 Å². The molecule has 0 bridgehead atoms. The number of rotatable bonds is 2. The van der Waals surface area contributed by atoms with E-state index in [0.717, 1.165) is 6.20 Å². The van der Waals surface area contributed by atoms with E-state index in [4.69, 9.17) is 9.84 Å². The Kier molecular flexibility index (Phi) is 2.32. The van der Waals surface area contributed by atoms with Crippen LogP contribution in [-0.2, 0) is 4.74 Å². The number of aromatic nitrogens is 2. The Morgan fingerprint density at radius 3 is 2.83 bits per heavy atom. The van der Waals surface area contributed by atoms with Crippen LogP contribution in [0.2, 0.25) is 0 Å². The fourth-order valence-corrected chi connectivity index (χ4v) is 0.685. The van der Waals surface area contributed by atoms with Crippen molar-refractivity contribution in [1.82, 2.24) is 9.97 Å². The second-order valence-corrected chi connectivity index (χ2v) is 2.57. The van der Waals surface area contributed by atoms with Gasteiger partial charge in [0.2, 0.25) is 11.7 Å². The van der Waals surface area contributed by atoms with Crippen LogP contribution in [0.4, 0.5) is 0 Å². The summed E-state index contributed by atoms with van der Waals surface area (Å²) in [5.74, 6) is -0.697. The summed E-state index contributed by atoms with van der Waals surface area (Å²) in [6.07, 6.45) is 0.960. The highest BCUT2D eigenvalue weighted by Gasteiger charge is 2.12.